The van der Waals surface area contributed by atoms with E-state index in [0.717, 1.165) is 5.56 Å². The minimum atomic E-state index is 0.150. The summed E-state index contributed by atoms with van der Waals surface area (Å²) in [5.41, 5.74) is 1.42. The standard InChI is InChI=1S/C11H11ClO/c1-8(2)10(7-13)9-5-3-4-6-11(9)12/h3-6,8H,1-2H3. The first-order valence-electron chi connectivity index (χ1n) is 4.16. The molecule has 1 aromatic rings. The topological polar surface area (TPSA) is 17.1 Å². The summed E-state index contributed by atoms with van der Waals surface area (Å²) >= 11 is 5.94. The van der Waals surface area contributed by atoms with E-state index in [4.69, 9.17) is 11.6 Å². The van der Waals surface area contributed by atoms with Crippen LogP contribution in [-0.4, -0.2) is 5.94 Å². The first kappa shape index (κ1) is 10.0. The zero-order chi connectivity index (χ0) is 9.84. The van der Waals surface area contributed by atoms with Gasteiger partial charge in [-0.1, -0.05) is 43.6 Å². The molecule has 0 aliphatic rings. The van der Waals surface area contributed by atoms with Gasteiger partial charge in [0, 0.05) is 16.2 Å². The van der Waals surface area contributed by atoms with Gasteiger partial charge in [-0.3, -0.25) is 0 Å². The Morgan fingerprint density at radius 1 is 1.38 bits per heavy atom. The molecule has 0 spiro atoms. The Bertz CT molecular complexity index is 349. The van der Waals surface area contributed by atoms with Crippen molar-refractivity contribution in [2.24, 2.45) is 5.92 Å². The molecule has 0 unspecified atom stereocenters. The smallest absolute Gasteiger partial charge is 0.128 e. The van der Waals surface area contributed by atoms with Gasteiger partial charge in [-0.05, 0) is 12.0 Å². The predicted molar refractivity (Wildman–Crippen MR) is 55.4 cm³/mol. The molecular weight excluding hydrogens is 184 g/mol. The molecule has 0 amide bonds. The summed E-state index contributed by atoms with van der Waals surface area (Å²) in [6, 6.07) is 7.31. The van der Waals surface area contributed by atoms with Crippen LogP contribution in [0, 0.1) is 5.92 Å². The average Bonchev–Trinajstić information content (AvgIpc) is 2.09. The maximum atomic E-state index is 10.7. The summed E-state index contributed by atoms with van der Waals surface area (Å²) in [4.78, 5) is 10.7. The predicted octanol–water partition coefficient (Wildman–Crippen LogP) is 3.21. The van der Waals surface area contributed by atoms with E-state index < -0.39 is 0 Å². The van der Waals surface area contributed by atoms with Crippen LogP contribution in [0.15, 0.2) is 24.3 Å². The number of benzene rings is 1. The highest BCUT2D eigenvalue weighted by Crippen LogP contribution is 2.26. The van der Waals surface area contributed by atoms with E-state index in [0.29, 0.717) is 10.6 Å². The summed E-state index contributed by atoms with van der Waals surface area (Å²) in [6.07, 6.45) is 0. The summed E-state index contributed by atoms with van der Waals surface area (Å²) < 4.78 is 0. The first-order valence-corrected chi connectivity index (χ1v) is 4.54. The Kier molecular flexibility index (Phi) is 3.30. The normalized spacial score (nSPS) is 9.85. The molecule has 0 atom stereocenters. The lowest BCUT2D eigenvalue weighted by molar-refractivity contribution is 0.568. The van der Waals surface area contributed by atoms with Gasteiger partial charge in [0.1, 0.15) is 5.94 Å². The van der Waals surface area contributed by atoms with Gasteiger partial charge in [-0.25, -0.2) is 4.79 Å². The number of halogens is 1. The number of hydrogen-bond donors (Lipinski definition) is 0. The highest BCUT2D eigenvalue weighted by molar-refractivity contribution is 6.32. The van der Waals surface area contributed by atoms with E-state index >= 15 is 0 Å². The fourth-order valence-electron chi connectivity index (χ4n) is 1.16. The van der Waals surface area contributed by atoms with Gasteiger partial charge in [-0.15, -0.1) is 0 Å². The molecule has 1 nitrogen and oxygen atoms in total. The molecule has 0 fully saturated rings. The van der Waals surface area contributed by atoms with Gasteiger partial charge in [0.05, 0.1) is 0 Å². The monoisotopic (exact) mass is 194 g/mol. The zero-order valence-electron chi connectivity index (χ0n) is 7.67. The van der Waals surface area contributed by atoms with Crippen LogP contribution in [0.5, 0.6) is 0 Å². The maximum Gasteiger partial charge on any atom is 0.128 e. The first-order chi connectivity index (χ1) is 6.16. The average molecular weight is 195 g/mol. The highest BCUT2D eigenvalue weighted by atomic mass is 35.5. The molecule has 0 aromatic heterocycles. The SMILES string of the molecule is CC(C)C(=C=O)c1ccccc1Cl. The molecule has 2 heteroatoms. The quantitative estimate of drug-likeness (QED) is 0.661. The molecule has 0 heterocycles. The minimum absolute atomic E-state index is 0.150. The molecule has 1 rings (SSSR count). The molecule has 0 saturated carbocycles. The Morgan fingerprint density at radius 3 is 2.46 bits per heavy atom. The van der Waals surface area contributed by atoms with Crippen molar-refractivity contribution in [3.05, 3.63) is 34.9 Å². The minimum Gasteiger partial charge on any atom is -0.233 e. The van der Waals surface area contributed by atoms with Crippen molar-refractivity contribution in [3.63, 3.8) is 0 Å². The maximum absolute atomic E-state index is 10.7. The molecule has 0 radical (unpaired) electrons. The van der Waals surface area contributed by atoms with Crippen LogP contribution in [0.1, 0.15) is 19.4 Å². The van der Waals surface area contributed by atoms with Crippen LogP contribution in [0.4, 0.5) is 0 Å². The van der Waals surface area contributed by atoms with Gasteiger partial charge >= 0.3 is 0 Å². The second-order valence-electron chi connectivity index (χ2n) is 3.15. The van der Waals surface area contributed by atoms with E-state index in [1.165, 1.54) is 0 Å². The second kappa shape index (κ2) is 4.27. The van der Waals surface area contributed by atoms with E-state index in [9.17, 15) is 4.79 Å². The van der Waals surface area contributed by atoms with E-state index in [-0.39, 0.29) is 5.92 Å². The third-order valence-electron chi connectivity index (χ3n) is 1.85. The van der Waals surface area contributed by atoms with Crippen LogP contribution in [0.3, 0.4) is 0 Å². The third-order valence-corrected chi connectivity index (χ3v) is 2.18. The summed E-state index contributed by atoms with van der Waals surface area (Å²) in [5, 5.41) is 0.606. The van der Waals surface area contributed by atoms with Crippen LogP contribution in [0.25, 0.3) is 5.57 Å². The van der Waals surface area contributed by atoms with Crippen molar-refractivity contribution in [3.8, 4) is 0 Å². The van der Waals surface area contributed by atoms with Crippen molar-refractivity contribution in [2.45, 2.75) is 13.8 Å². The molecule has 0 aliphatic heterocycles. The van der Waals surface area contributed by atoms with Crippen molar-refractivity contribution >= 4 is 23.1 Å². The van der Waals surface area contributed by atoms with Crippen molar-refractivity contribution < 1.29 is 4.79 Å². The van der Waals surface area contributed by atoms with Gasteiger partial charge in [0.25, 0.3) is 0 Å². The van der Waals surface area contributed by atoms with Gasteiger partial charge in [0.15, 0.2) is 0 Å². The van der Waals surface area contributed by atoms with E-state index in [1.807, 2.05) is 38.0 Å². The lowest BCUT2D eigenvalue weighted by Crippen LogP contribution is -1.95. The molecule has 0 saturated heterocycles. The van der Waals surface area contributed by atoms with Gasteiger partial charge < -0.3 is 0 Å². The van der Waals surface area contributed by atoms with Crippen molar-refractivity contribution in [1.29, 1.82) is 0 Å². The number of allylic oxidation sites excluding steroid dienone is 1. The van der Waals surface area contributed by atoms with Crippen LogP contribution >= 0.6 is 11.6 Å². The van der Waals surface area contributed by atoms with E-state index in [2.05, 4.69) is 0 Å². The van der Waals surface area contributed by atoms with E-state index in [1.54, 1.807) is 6.07 Å². The largest absolute Gasteiger partial charge is 0.233 e. The molecule has 13 heavy (non-hydrogen) atoms. The van der Waals surface area contributed by atoms with Crippen molar-refractivity contribution in [1.82, 2.24) is 0 Å². The fourth-order valence-corrected chi connectivity index (χ4v) is 1.40. The second-order valence-corrected chi connectivity index (χ2v) is 3.56. The number of carbonyl (C=O) groups excluding carboxylic acids is 1. The Morgan fingerprint density at radius 2 is 2.00 bits per heavy atom. The summed E-state index contributed by atoms with van der Waals surface area (Å²) in [5.74, 6) is 2.09. The molecule has 1 aromatic carbocycles. The van der Waals surface area contributed by atoms with Crippen LogP contribution in [-0.2, 0) is 4.79 Å². The molecule has 68 valence electrons. The lowest BCUT2D eigenvalue weighted by atomic mass is 9.97. The zero-order valence-corrected chi connectivity index (χ0v) is 8.43. The Balaban J connectivity index is 3.21. The Labute approximate surface area is 83.0 Å². The Hall–Kier alpha value is -1.04. The molecule has 0 bridgehead atoms. The van der Waals surface area contributed by atoms with Crippen LogP contribution < -0.4 is 0 Å². The number of rotatable bonds is 2. The fraction of sp³-hybridized carbons (Fsp3) is 0.273. The summed E-state index contributed by atoms with van der Waals surface area (Å²) in [7, 11) is 0. The summed E-state index contributed by atoms with van der Waals surface area (Å²) in [6.45, 7) is 3.90. The number of hydrogen-bond acceptors (Lipinski definition) is 1. The molecule has 0 aliphatic carbocycles. The van der Waals surface area contributed by atoms with Gasteiger partial charge in [0.2, 0.25) is 0 Å². The lowest BCUT2D eigenvalue weighted by Gasteiger charge is -2.08. The van der Waals surface area contributed by atoms with Crippen LogP contribution in [0.2, 0.25) is 5.02 Å². The van der Waals surface area contributed by atoms with Crippen molar-refractivity contribution in [2.75, 3.05) is 0 Å². The molecule has 0 N–H and O–H groups in total. The third kappa shape index (κ3) is 2.21. The highest BCUT2D eigenvalue weighted by Gasteiger charge is 2.10. The van der Waals surface area contributed by atoms with Gasteiger partial charge in [-0.2, -0.15) is 0 Å². The molecular formula is C11H11ClO.